The van der Waals surface area contributed by atoms with Gasteiger partial charge in [-0.05, 0) is 48.0 Å². The van der Waals surface area contributed by atoms with E-state index in [1.807, 2.05) is 0 Å². The number of ether oxygens (including phenoxy) is 1. The molecule has 2 rings (SSSR count). The average Bonchev–Trinajstić information content (AvgIpc) is 2.44. The lowest BCUT2D eigenvalue weighted by atomic mass is 9.83. The van der Waals surface area contributed by atoms with E-state index in [1.54, 1.807) is 0 Å². The molecule has 1 N–H and O–H groups in total. The van der Waals surface area contributed by atoms with Crippen molar-refractivity contribution in [2.45, 2.75) is 64.9 Å². The number of nitrogens with one attached hydrogen (secondary N) is 1. The van der Waals surface area contributed by atoms with Gasteiger partial charge in [-0.1, -0.05) is 45.3 Å². The highest BCUT2D eigenvalue weighted by Gasteiger charge is 2.37. The summed E-state index contributed by atoms with van der Waals surface area (Å²) in [6.45, 7) is 7.18. The van der Waals surface area contributed by atoms with Crippen LogP contribution in [0.3, 0.4) is 0 Å². The summed E-state index contributed by atoms with van der Waals surface area (Å²) < 4.78 is 7.73. The zero-order valence-electron chi connectivity index (χ0n) is 13.2. The van der Waals surface area contributed by atoms with E-state index in [1.165, 1.54) is 19.3 Å². The van der Waals surface area contributed by atoms with Gasteiger partial charge in [-0.2, -0.15) is 0 Å². The second-order valence-corrected chi connectivity index (χ2v) is 7.45. The van der Waals surface area contributed by atoms with E-state index < -0.39 is 0 Å². The molecule has 21 heavy (non-hydrogen) atoms. The van der Waals surface area contributed by atoms with Crippen molar-refractivity contribution in [3.63, 3.8) is 0 Å². The Bertz CT molecular complexity index is 530. The molecule has 1 saturated carbocycles. The number of hydrogen-bond donors (Lipinski definition) is 1. The molecule has 1 heterocycles. The van der Waals surface area contributed by atoms with Crippen LogP contribution in [-0.2, 0) is 16.8 Å². The molecule has 1 aromatic heterocycles. The van der Waals surface area contributed by atoms with Crippen LogP contribution in [0.25, 0.3) is 0 Å². The molecule has 3 nitrogen and oxygen atoms in total. The van der Waals surface area contributed by atoms with Crippen LogP contribution in [0.2, 0.25) is 0 Å². The Kier molecular flexibility index (Phi) is 5.97. The minimum Gasteiger partial charge on any atom is -0.367 e. The topological polar surface area (TPSA) is 37.9 Å². The summed E-state index contributed by atoms with van der Waals surface area (Å²) in [4.78, 5) is 8.17. The van der Waals surface area contributed by atoms with Crippen LogP contribution < -0.4 is 0 Å². The Hall–Kier alpha value is -0.260. The smallest absolute Gasteiger partial charge is 0.144 e. The first-order valence-corrected chi connectivity index (χ1v) is 9.12. The summed E-state index contributed by atoms with van der Waals surface area (Å²) in [6, 6.07) is 0. The predicted octanol–water partition coefficient (Wildman–Crippen LogP) is 5.30. The van der Waals surface area contributed by atoms with Crippen molar-refractivity contribution in [1.29, 1.82) is 0 Å². The van der Waals surface area contributed by atoms with Crippen LogP contribution in [0, 0.1) is 10.6 Å². The summed E-state index contributed by atoms with van der Waals surface area (Å²) in [5.41, 5.74) is 0.872. The highest BCUT2D eigenvalue weighted by Crippen LogP contribution is 2.39. The van der Waals surface area contributed by atoms with Crippen molar-refractivity contribution in [3.8, 4) is 0 Å². The van der Waals surface area contributed by atoms with Crippen LogP contribution in [0.15, 0.2) is 4.47 Å². The van der Waals surface area contributed by atoms with Crippen molar-refractivity contribution >= 4 is 28.1 Å². The van der Waals surface area contributed by atoms with Crippen molar-refractivity contribution in [3.05, 3.63) is 20.6 Å². The monoisotopic (exact) mass is 372 g/mol. The number of H-pyrrole nitrogens is 1. The van der Waals surface area contributed by atoms with Crippen LogP contribution >= 0.6 is 28.1 Å². The fraction of sp³-hybridized carbons (Fsp3) is 0.750. The highest BCUT2D eigenvalue weighted by atomic mass is 79.9. The number of aromatic nitrogens is 2. The summed E-state index contributed by atoms with van der Waals surface area (Å²) in [7, 11) is 0. The van der Waals surface area contributed by atoms with E-state index in [0.717, 1.165) is 35.3 Å². The normalized spacial score (nSPS) is 18.1. The lowest BCUT2D eigenvalue weighted by molar-refractivity contribution is -0.0769. The third kappa shape index (κ3) is 3.93. The van der Waals surface area contributed by atoms with Crippen molar-refractivity contribution < 1.29 is 4.74 Å². The molecule has 5 heteroatoms. The van der Waals surface area contributed by atoms with Gasteiger partial charge in [-0.15, -0.1) is 0 Å². The van der Waals surface area contributed by atoms with E-state index in [9.17, 15) is 0 Å². The Labute approximate surface area is 141 Å². The lowest BCUT2D eigenvalue weighted by Gasteiger charge is -2.36. The number of hydrogen-bond acceptors (Lipinski definition) is 3. The molecule has 0 spiro atoms. The van der Waals surface area contributed by atoms with Crippen LogP contribution in [0.5, 0.6) is 0 Å². The van der Waals surface area contributed by atoms with Gasteiger partial charge in [0.25, 0.3) is 0 Å². The van der Waals surface area contributed by atoms with Gasteiger partial charge in [0.2, 0.25) is 0 Å². The molecule has 0 bridgehead atoms. The SMILES string of the molecule is CCOC1(c2nc(=S)c(Br)c(CC(C)C)[nH]2)CCCCC1. The fourth-order valence-corrected chi connectivity index (χ4v) is 3.68. The zero-order valence-corrected chi connectivity index (χ0v) is 15.6. The average molecular weight is 373 g/mol. The molecule has 0 amide bonds. The van der Waals surface area contributed by atoms with E-state index in [2.05, 4.69) is 46.7 Å². The minimum absolute atomic E-state index is 0.271. The summed E-state index contributed by atoms with van der Waals surface area (Å²) >= 11 is 9.04. The molecule has 1 aromatic rings. The minimum atomic E-state index is -0.271. The Morgan fingerprint density at radius 2 is 2.00 bits per heavy atom. The summed E-state index contributed by atoms with van der Waals surface area (Å²) in [5.74, 6) is 1.49. The van der Waals surface area contributed by atoms with E-state index >= 15 is 0 Å². The quantitative estimate of drug-likeness (QED) is 0.712. The molecule has 118 valence electrons. The molecule has 0 atom stereocenters. The lowest BCUT2D eigenvalue weighted by Crippen LogP contribution is -2.35. The van der Waals surface area contributed by atoms with Crippen LogP contribution in [0.4, 0.5) is 0 Å². The van der Waals surface area contributed by atoms with Gasteiger partial charge in [-0.3, -0.25) is 0 Å². The van der Waals surface area contributed by atoms with Crippen molar-refractivity contribution in [2.75, 3.05) is 6.61 Å². The number of rotatable bonds is 5. The van der Waals surface area contributed by atoms with E-state index in [-0.39, 0.29) is 5.60 Å². The van der Waals surface area contributed by atoms with E-state index in [0.29, 0.717) is 17.2 Å². The Balaban J connectivity index is 2.45. The fourth-order valence-electron chi connectivity index (χ4n) is 3.12. The van der Waals surface area contributed by atoms with Gasteiger partial charge in [0.1, 0.15) is 16.1 Å². The maximum atomic E-state index is 6.16. The number of nitrogens with zero attached hydrogens (tertiary/aromatic N) is 1. The second-order valence-electron chi connectivity index (χ2n) is 6.27. The van der Waals surface area contributed by atoms with E-state index in [4.69, 9.17) is 17.0 Å². The molecule has 1 aliphatic rings. The third-order valence-electron chi connectivity index (χ3n) is 4.06. The maximum Gasteiger partial charge on any atom is 0.144 e. The molecule has 0 radical (unpaired) electrons. The van der Waals surface area contributed by atoms with Gasteiger partial charge in [0.05, 0.1) is 4.47 Å². The molecule has 1 fully saturated rings. The summed E-state index contributed by atoms with van der Waals surface area (Å²) in [5, 5.41) is 0. The van der Waals surface area contributed by atoms with Crippen LogP contribution in [0.1, 0.15) is 64.4 Å². The van der Waals surface area contributed by atoms with Gasteiger partial charge in [0.15, 0.2) is 0 Å². The molecular weight excluding hydrogens is 348 g/mol. The van der Waals surface area contributed by atoms with Crippen molar-refractivity contribution in [1.82, 2.24) is 9.97 Å². The maximum absolute atomic E-state index is 6.16. The highest BCUT2D eigenvalue weighted by molar-refractivity contribution is 9.10. The Morgan fingerprint density at radius 1 is 1.33 bits per heavy atom. The predicted molar refractivity (Wildman–Crippen MR) is 92.1 cm³/mol. The molecule has 0 aromatic carbocycles. The first-order valence-electron chi connectivity index (χ1n) is 7.91. The molecule has 1 aliphatic carbocycles. The van der Waals surface area contributed by atoms with Crippen molar-refractivity contribution in [2.24, 2.45) is 5.92 Å². The molecule has 0 aliphatic heterocycles. The number of halogens is 1. The third-order valence-corrected chi connectivity index (χ3v) is 5.47. The largest absolute Gasteiger partial charge is 0.367 e. The van der Waals surface area contributed by atoms with Gasteiger partial charge >= 0.3 is 0 Å². The van der Waals surface area contributed by atoms with Gasteiger partial charge in [0, 0.05) is 12.3 Å². The Morgan fingerprint density at radius 3 is 2.57 bits per heavy atom. The summed E-state index contributed by atoms with van der Waals surface area (Å²) in [6.07, 6.45) is 6.69. The molecular formula is C16H25BrN2OS. The first-order chi connectivity index (χ1) is 9.98. The second kappa shape index (κ2) is 7.34. The molecule has 0 saturated heterocycles. The standard InChI is InChI=1S/C16H25BrN2OS/c1-4-20-16(8-6-5-7-9-16)15-18-12(10-11(2)3)13(17)14(21)19-15/h11H,4-10H2,1-3H3,(H,18,19,21). The number of aromatic amines is 1. The zero-order chi connectivity index (χ0) is 15.5. The molecule has 0 unspecified atom stereocenters. The van der Waals surface area contributed by atoms with Gasteiger partial charge in [-0.25, -0.2) is 4.98 Å². The van der Waals surface area contributed by atoms with Gasteiger partial charge < -0.3 is 9.72 Å². The van der Waals surface area contributed by atoms with Crippen LogP contribution in [-0.4, -0.2) is 16.6 Å². The first kappa shape index (κ1) is 17.1.